The molecule has 1 aromatic carbocycles. The van der Waals surface area contributed by atoms with Crippen LogP contribution in [0.1, 0.15) is 10.4 Å². The smallest absolute Gasteiger partial charge is 0.335 e. The molecule has 0 aromatic heterocycles. The average molecular weight is 318 g/mol. The summed E-state index contributed by atoms with van der Waals surface area (Å²) in [7, 11) is -2.50. The number of anilines is 1. The van der Waals surface area contributed by atoms with E-state index >= 15 is 0 Å². The molecule has 0 aliphatic rings. The molecule has 0 bridgehead atoms. The van der Waals surface area contributed by atoms with Crippen LogP contribution in [0.5, 0.6) is 0 Å². The number of carboxylic acid groups (broad SMARTS) is 1. The van der Waals surface area contributed by atoms with Crippen LogP contribution in [-0.2, 0) is 14.8 Å². The Morgan fingerprint density at radius 2 is 2.05 bits per heavy atom. The minimum Gasteiger partial charge on any atom is -0.478 e. The van der Waals surface area contributed by atoms with Crippen molar-refractivity contribution in [1.82, 2.24) is 4.31 Å². The van der Waals surface area contributed by atoms with Gasteiger partial charge < -0.3 is 20.7 Å². The number of hydrogen-bond donors (Lipinski definition) is 3. The molecule has 0 atom stereocenters. The second-order valence-electron chi connectivity index (χ2n) is 4.18. The van der Waals surface area contributed by atoms with Crippen molar-refractivity contribution < 1.29 is 28.2 Å². The monoisotopic (exact) mass is 318 g/mol. The third-order valence-corrected chi connectivity index (χ3v) is 4.74. The predicted octanol–water partition coefficient (Wildman–Crippen LogP) is -0.404. The molecule has 0 saturated carbocycles. The number of carbonyl (C=O) groups is 1. The Kier molecular flexibility index (Phi) is 6.09. The van der Waals surface area contributed by atoms with Crippen LogP contribution in [0.15, 0.2) is 23.1 Å². The Balaban J connectivity index is 3.18. The van der Waals surface area contributed by atoms with Gasteiger partial charge in [0.15, 0.2) is 0 Å². The lowest BCUT2D eigenvalue weighted by Gasteiger charge is -2.21. The summed E-state index contributed by atoms with van der Waals surface area (Å²) in [6, 6.07) is 3.40. The predicted molar refractivity (Wildman–Crippen MR) is 75.5 cm³/mol. The molecule has 0 aliphatic heterocycles. The van der Waals surface area contributed by atoms with Crippen molar-refractivity contribution >= 4 is 21.7 Å². The van der Waals surface area contributed by atoms with E-state index in [0.717, 1.165) is 16.4 Å². The first-order chi connectivity index (χ1) is 9.84. The second-order valence-corrected chi connectivity index (χ2v) is 6.08. The molecule has 0 heterocycles. The van der Waals surface area contributed by atoms with Gasteiger partial charge in [-0.1, -0.05) is 0 Å². The van der Waals surface area contributed by atoms with Crippen LogP contribution in [0.25, 0.3) is 0 Å². The minimum absolute atomic E-state index is 0.0551. The molecular weight excluding hydrogens is 300 g/mol. The lowest BCUT2D eigenvalue weighted by atomic mass is 10.2. The summed E-state index contributed by atoms with van der Waals surface area (Å²) >= 11 is 0. The van der Waals surface area contributed by atoms with Crippen LogP contribution in [0.4, 0.5) is 5.69 Å². The number of nitrogens with zero attached hydrogens (tertiary/aromatic N) is 1. The van der Waals surface area contributed by atoms with E-state index < -0.39 is 16.0 Å². The molecule has 9 heteroatoms. The number of benzene rings is 1. The summed E-state index contributed by atoms with van der Waals surface area (Å²) in [6.45, 7) is -0.242. The number of sulfonamides is 1. The van der Waals surface area contributed by atoms with Gasteiger partial charge in [0, 0.05) is 20.2 Å². The van der Waals surface area contributed by atoms with Gasteiger partial charge in [-0.2, -0.15) is 4.31 Å². The van der Waals surface area contributed by atoms with Crippen LogP contribution >= 0.6 is 0 Å². The van der Waals surface area contributed by atoms with Crippen molar-refractivity contribution in [3.05, 3.63) is 23.8 Å². The van der Waals surface area contributed by atoms with Crippen LogP contribution in [0.3, 0.4) is 0 Å². The molecule has 0 unspecified atom stereocenters. The van der Waals surface area contributed by atoms with Gasteiger partial charge >= 0.3 is 5.97 Å². The molecule has 0 aliphatic carbocycles. The van der Waals surface area contributed by atoms with E-state index in [0.29, 0.717) is 0 Å². The second kappa shape index (κ2) is 7.36. The van der Waals surface area contributed by atoms with Gasteiger partial charge in [-0.3, -0.25) is 0 Å². The fourth-order valence-electron chi connectivity index (χ4n) is 1.71. The molecule has 4 N–H and O–H groups in total. The summed E-state index contributed by atoms with van der Waals surface area (Å²) in [5.41, 5.74) is 5.39. The number of aliphatic hydroxyl groups is 1. The van der Waals surface area contributed by atoms with Crippen LogP contribution in [0, 0.1) is 0 Å². The van der Waals surface area contributed by atoms with Gasteiger partial charge in [0.05, 0.1) is 24.5 Å². The van der Waals surface area contributed by atoms with Gasteiger partial charge in [-0.25, -0.2) is 13.2 Å². The number of hydrogen-bond acceptors (Lipinski definition) is 6. The molecule has 0 saturated heterocycles. The summed E-state index contributed by atoms with van der Waals surface area (Å²) < 4.78 is 30.8. The highest BCUT2D eigenvalue weighted by atomic mass is 32.2. The van der Waals surface area contributed by atoms with Gasteiger partial charge in [0.2, 0.25) is 10.0 Å². The number of carboxylic acids is 1. The summed E-state index contributed by atoms with van der Waals surface area (Å²) in [6.07, 6.45) is 0. The largest absolute Gasteiger partial charge is 0.478 e. The third kappa shape index (κ3) is 4.14. The molecule has 0 spiro atoms. The van der Waals surface area contributed by atoms with E-state index in [9.17, 15) is 13.2 Å². The van der Waals surface area contributed by atoms with E-state index in [2.05, 4.69) is 0 Å². The number of aliphatic hydroxyl groups excluding tert-OH is 1. The Morgan fingerprint density at radius 1 is 1.38 bits per heavy atom. The molecule has 0 radical (unpaired) electrons. The average Bonchev–Trinajstić information content (AvgIpc) is 2.42. The highest BCUT2D eigenvalue weighted by Crippen LogP contribution is 2.23. The highest BCUT2D eigenvalue weighted by molar-refractivity contribution is 7.89. The van der Waals surface area contributed by atoms with Gasteiger partial charge in [0.1, 0.15) is 4.90 Å². The Bertz CT molecular complexity index is 602. The van der Waals surface area contributed by atoms with Crippen LogP contribution in [0.2, 0.25) is 0 Å². The summed E-state index contributed by atoms with van der Waals surface area (Å²) in [4.78, 5) is 10.6. The molecule has 0 amide bonds. The zero-order valence-electron chi connectivity index (χ0n) is 11.5. The van der Waals surface area contributed by atoms with Crippen molar-refractivity contribution in [3.63, 3.8) is 0 Å². The first kappa shape index (κ1) is 17.4. The number of nitrogen functional groups attached to an aromatic ring is 1. The molecule has 8 nitrogen and oxygen atoms in total. The maximum absolute atomic E-state index is 12.5. The third-order valence-electron chi connectivity index (χ3n) is 2.77. The Hall–Kier alpha value is -1.68. The maximum atomic E-state index is 12.5. The van der Waals surface area contributed by atoms with Gasteiger partial charge in [-0.05, 0) is 18.2 Å². The Morgan fingerprint density at radius 3 is 2.52 bits per heavy atom. The molecule has 21 heavy (non-hydrogen) atoms. The highest BCUT2D eigenvalue weighted by Gasteiger charge is 2.26. The topological polar surface area (TPSA) is 130 Å². The van der Waals surface area contributed by atoms with Crippen LogP contribution < -0.4 is 5.73 Å². The fraction of sp³-hybridized carbons (Fsp3) is 0.417. The lowest BCUT2D eigenvalue weighted by molar-refractivity contribution is 0.0697. The number of rotatable bonds is 8. The van der Waals surface area contributed by atoms with E-state index in [1.165, 1.54) is 13.2 Å². The van der Waals surface area contributed by atoms with E-state index in [-0.39, 0.29) is 42.4 Å². The van der Waals surface area contributed by atoms with Crippen molar-refractivity contribution in [1.29, 1.82) is 0 Å². The van der Waals surface area contributed by atoms with Gasteiger partial charge in [-0.15, -0.1) is 0 Å². The molecule has 0 fully saturated rings. The fourth-order valence-corrected chi connectivity index (χ4v) is 3.22. The zero-order chi connectivity index (χ0) is 16.0. The maximum Gasteiger partial charge on any atom is 0.335 e. The number of ether oxygens (including phenoxy) is 1. The van der Waals surface area contributed by atoms with Crippen molar-refractivity contribution in [2.45, 2.75) is 4.90 Å². The number of aromatic carboxylic acids is 1. The normalized spacial score (nSPS) is 11.8. The van der Waals surface area contributed by atoms with Crippen LogP contribution in [-0.4, -0.2) is 62.3 Å². The molecular formula is C12H18N2O6S. The van der Waals surface area contributed by atoms with E-state index in [4.69, 9.17) is 20.7 Å². The number of nitrogens with two attached hydrogens (primary N) is 1. The summed E-state index contributed by atoms with van der Waals surface area (Å²) in [5, 5.41) is 17.8. The van der Waals surface area contributed by atoms with E-state index in [1.807, 2.05) is 0 Å². The minimum atomic E-state index is -3.93. The summed E-state index contributed by atoms with van der Waals surface area (Å²) in [5.74, 6) is -1.20. The Labute approximate surface area is 122 Å². The number of methoxy groups -OCH3 is 1. The van der Waals surface area contributed by atoms with Crippen molar-refractivity contribution in [2.24, 2.45) is 0 Å². The van der Waals surface area contributed by atoms with E-state index in [1.54, 1.807) is 0 Å². The molecule has 1 rings (SSSR count). The lowest BCUT2D eigenvalue weighted by Crippen LogP contribution is -2.36. The molecule has 118 valence electrons. The standard InChI is InChI=1S/C12H18N2O6S/c1-20-7-5-14(4-6-15)21(18,19)11-3-2-9(12(16)17)8-10(11)13/h2-3,8,15H,4-7,13H2,1H3,(H,16,17). The molecule has 1 aromatic rings. The SMILES string of the molecule is COCCN(CCO)S(=O)(=O)c1ccc(C(=O)O)cc1N. The first-order valence-electron chi connectivity index (χ1n) is 6.07. The van der Waals surface area contributed by atoms with Crippen molar-refractivity contribution in [3.8, 4) is 0 Å². The van der Waals surface area contributed by atoms with Crippen molar-refractivity contribution in [2.75, 3.05) is 39.1 Å². The quantitative estimate of drug-likeness (QED) is 0.556. The van der Waals surface area contributed by atoms with Gasteiger partial charge in [0.25, 0.3) is 0 Å². The zero-order valence-corrected chi connectivity index (χ0v) is 12.3. The first-order valence-corrected chi connectivity index (χ1v) is 7.51.